The third-order valence-electron chi connectivity index (χ3n) is 1.90. The highest BCUT2D eigenvalue weighted by Gasteiger charge is 2.19. The molecule has 0 spiro atoms. The number of carboxylic acids is 1. The monoisotopic (exact) mass is 355 g/mol. The number of aromatic carboxylic acids is 1. The first-order valence-electron chi connectivity index (χ1n) is 4.21. The van der Waals surface area contributed by atoms with Crippen molar-refractivity contribution >= 4 is 38.6 Å². The molecule has 1 N–H and O–H groups in total. The van der Waals surface area contributed by atoms with Crippen LogP contribution in [-0.2, 0) is 10.0 Å². The van der Waals surface area contributed by atoms with Gasteiger partial charge < -0.3 is 5.11 Å². The van der Waals surface area contributed by atoms with E-state index in [2.05, 4.69) is 0 Å². The lowest BCUT2D eigenvalue weighted by Crippen LogP contribution is -2.22. The van der Waals surface area contributed by atoms with Crippen LogP contribution in [0.5, 0.6) is 0 Å². The van der Waals surface area contributed by atoms with Crippen molar-refractivity contribution in [2.24, 2.45) is 0 Å². The lowest BCUT2D eigenvalue weighted by molar-refractivity contribution is 0.0696. The predicted molar refractivity (Wildman–Crippen MR) is 67.0 cm³/mol. The summed E-state index contributed by atoms with van der Waals surface area (Å²) in [6.07, 6.45) is 0. The van der Waals surface area contributed by atoms with Crippen LogP contribution in [-0.4, -0.2) is 37.9 Å². The number of hydrogen-bond donors (Lipinski definition) is 1. The van der Waals surface area contributed by atoms with Crippen molar-refractivity contribution in [3.8, 4) is 0 Å². The average molecular weight is 355 g/mol. The smallest absolute Gasteiger partial charge is 0.335 e. The van der Waals surface area contributed by atoms with Crippen LogP contribution in [0, 0.1) is 3.57 Å². The van der Waals surface area contributed by atoms with E-state index in [9.17, 15) is 13.2 Å². The van der Waals surface area contributed by atoms with Gasteiger partial charge >= 0.3 is 5.97 Å². The van der Waals surface area contributed by atoms with E-state index < -0.39 is 16.0 Å². The van der Waals surface area contributed by atoms with Crippen LogP contribution < -0.4 is 0 Å². The van der Waals surface area contributed by atoms with Crippen molar-refractivity contribution in [3.63, 3.8) is 0 Å². The first kappa shape index (κ1) is 13.4. The van der Waals surface area contributed by atoms with Gasteiger partial charge in [-0.05, 0) is 40.8 Å². The van der Waals surface area contributed by atoms with Crippen molar-refractivity contribution in [1.29, 1.82) is 0 Å². The zero-order valence-corrected chi connectivity index (χ0v) is 11.6. The summed E-state index contributed by atoms with van der Waals surface area (Å²) in [5, 5.41) is 8.83. The third-order valence-corrected chi connectivity index (χ3v) is 4.31. The van der Waals surface area contributed by atoms with Crippen molar-refractivity contribution in [3.05, 3.63) is 27.3 Å². The minimum atomic E-state index is -3.59. The number of benzene rings is 1. The van der Waals surface area contributed by atoms with Gasteiger partial charge in [-0.2, -0.15) is 0 Å². The quantitative estimate of drug-likeness (QED) is 0.828. The van der Waals surface area contributed by atoms with Gasteiger partial charge in [0.1, 0.15) is 0 Å². The number of rotatable bonds is 3. The summed E-state index contributed by atoms with van der Waals surface area (Å²) < 4.78 is 25.2. The third kappa shape index (κ3) is 2.71. The summed E-state index contributed by atoms with van der Waals surface area (Å²) in [6.45, 7) is 0. The molecule has 1 aromatic rings. The van der Waals surface area contributed by atoms with E-state index in [1.54, 1.807) is 0 Å². The van der Waals surface area contributed by atoms with E-state index in [0.717, 1.165) is 10.4 Å². The van der Waals surface area contributed by atoms with Gasteiger partial charge in [-0.1, -0.05) is 0 Å². The molecule has 88 valence electrons. The van der Waals surface area contributed by atoms with Crippen LogP contribution in [0.15, 0.2) is 23.1 Å². The molecule has 0 bridgehead atoms. The summed E-state index contributed by atoms with van der Waals surface area (Å²) >= 11 is 1.88. The maximum Gasteiger partial charge on any atom is 0.335 e. The van der Waals surface area contributed by atoms with Crippen LogP contribution in [0.3, 0.4) is 0 Å². The Hall–Kier alpha value is -0.670. The molecule has 0 amide bonds. The molecule has 0 radical (unpaired) electrons. The molecule has 1 aromatic carbocycles. The van der Waals surface area contributed by atoms with Gasteiger partial charge in [0.2, 0.25) is 10.0 Å². The fourth-order valence-corrected chi connectivity index (χ4v) is 2.90. The Morgan fingerprint density at radius 1 is 1.31 bits per heavy atom. The second-order valence-electron chi connectivity index (χ2n) is 3.27. The molecule has 0 aliphatic rings. The first-order chi connectivity index (χ1) is 7.25. The number of carbonyl (C=O) groups is 1. The van der Waals surface area contributed by atoms with Crippen LogP contribution in [0.4, 0.5) is 0 Å². The number of nitrogens with zero attached hydrogens (tertiary/aromatic N) is 1. The molecule has 0 unspecified atom stereocenters. The molecule has 16 heavy (non-hydrogen) atoms. The molecule has 0 aromatic heterocycles. The lowest BCUT2D eigenvalue weighted by atomic mass is 10.2. The maximum absolute atomic E-state index is 11.8. The van der Waals surface area contributed by atoms with Gasteiger partial charge in [0.15, 0.2) is 0 Å². The SMILES string of the molecule is CN(C)S(=O)(=O)c1cc(I)cc(C(=O)O)c1. The fraction of sp³-hybridized carbons (Fsp3) is 0.222. The van der Waals surface area contributed by atoms with Gasteiger partial charge in [-0.15, -0.1) is 0 Å². The minimum absolute atomic E-state index is 0.0122. The highest BCUT2D eigenvalue weighted by atomic mass is 127. The normalized spacial score (nSPS) is 11.8. The van der Waals surface area contributed by atoms with Crippen molar-refractivity contribution in [2.45, 2.75) is 4.90 Å². The van der Waals surface area contributed by atoms with E-state index in [4.69, 9.17) is 5.11 Å². The van der Waals surface area contributed by atoms with Crippen molar-refractivity contribution in [2.75, 3.05) is 14.1 Å². The van der Waals surface area contributed by atoms with Crippen LogP contribution in [0.25, 0.3) is 0 Å². The summed E-state index contributed by atoms with van der Waals surface area (Å²) in [7, 11) is -0.793. The molecule has 0 saturated carbocycles. The lowest BCUT2D eigenvalue weighted by Gasteiger charge is -2.12. The van der Waals surface area contributed by atoms with Gasteiger partial charge in [0.25, 0.3) is 0 Å². The predicted octanol–water partition coefficient (Wildman–Crippen LogP) is 1.24. The number of halogens is 1. The standard InChI is InChI=1S/C9H10INO4S/c1-11(2)16(14,15)8-4-6(9(12)13)3-7(10)5-8/h3-5H,1-2H3,(H,12,13). The molecule has 7 heteroatoms. The maximum atomic E-state index is 11.8. The highest BCUT2D eigenvalue weighted by molar-refractivity contribution is 14.1. The average Bonchev–Trinajstić information content (AvgIpc) is 2.16. The van der Waals surface area contributed by atoms with E-state index in [-0.39, 0.29) is 10.5 Å². The van der Waals surface area contributed by atoms with Gasteiger partial charge in [0.05, 0.1) is 10.5 Å². The summed E-state index contributed by atoms with van der Waals surface area (Å²) in [4.78, 5) is 10.8. The molecular weight excluding hydrogens is 345 g/mol. The summed E-state index contributed by atoms with van der Waals surface area (Å²) in [5.41, 5.74) is -0.0349. The molecule has 0 saturated heterocycles. The van der Waals surface area contributed by atoms with Gasteiger partial charge in [-0.3, -0.25) is 0 Å². The zero-order chi connectivity index (χ0) is 12.5. The molecule has 1 rings (SSSR count). The molecule has 5 nitrogen and oxygen atoms in total. The molecule has 0 aliphatic heterocycles. The van der Waals surface area contributed by atoms with Crippen molar-refractivity contribution in [1.82, 2.24) is 4.31 Å². The molecular formula is C9H10INO4S. The Labute approximate surface area is 107 Å². The molecule has 0 atom stereocenters. The Morgan fingerprint density at radius 3 is 2.31 bits per heavy atom. The highest BCUT2D eigenvalue weighted by Crippen LogP contribution is 2.19. The number of sulfonamides is 1. The second kappa shape index (κ2) is 4.68. The van der Waals surface area contributed by atoms with E-state index in [1.807, 2.05) is 22.6 Å². The molecule has 0 heterocycles. The first-order valence-corrected chi connectivity index (χ1v) is 6.73. The minimum Gasteiger partial charge on any atom is -0.478 e. The number of carboxylic acid groups (broad SMARTS) is 1. The Balaban J connectivity index is 3.42. The fourth-order valence-electron chi connectivity index (χ4n) is 1.05. The van der Waals surface area contributed by atoms with Gasteiger partial charge in [0, 0.05) is 17.7 Å². The number of hydrogen-bond acceptors (Lipinski definition) is 3. The van der Waals surface area contributed by atoms with E-state index >= 15 is 0 Å². The largest absolute Gasteiger partial charge is 0.478 e. The topological polar surface area (TPSA) is 74.7 Å². The summed E-state index contributed by atoms with van der Waals surface area (Å²) in [5.74, 6) is -1.14. The second-order valence-corrected chi connectivity index (χ2v) is 6.67. The Kier molecular flexibility index (Phi) is 3.92. The molecule has 0 fully saturated rings. The Bertz CT molecular complexity index is 524. The van der Waals surface area contributed by atoms with Crippen LogP contribution in [0.2, 0.25) is 0 Å². The zero-order valence-electron chi connectivity index (χ0n) is 8.64. The van der Waals surface area contributed by atoms with E-state index in [1.165, 1.54) is 26.2 Å². The van der Waals surface area contributed by atoms with Crippen LogP contribution in [0.1, 0.15) is 10.4 Å². The summed E-state index contributed by atoms with van der Waals surface area (Å²) in [6, 6.07) is 4.00. The van der Waals surface area contributed by atoms with Gasteiger partial charge in [-0.25, -0.2) is 17.5 Å². The van der Waals surface area contributed by atoms with Crippen molar-refractivity contribution < 1.29 is 18.3 Å². The molecule has 0 aliphatic carbocycles. The van der Waals surface area contributed by atoms with E-state index in [0.29, 0.717) is 3.57 Å². The van der Waals surface area contributed by atoms with Crippen LogP contribution >= 0.6 is 22.6 Å². The Morgan fingerprint density at radius 2 is 1.88 bits per heavy atom.